The van der Waals surface area contributed by atoms with Crippen LogP contribution in [0, 0.1) is 5.92 Å². The van der Waals surface area contributed by atoms with Gasteiger partial charge in [-0.1, -0.05) is 13.8 Å². The quantitative estimate of drug-likeness (QED) is 0.448. The van der Waals surface area contributed by atoms with Gasteiger partial charge in [0.15, 0.2) is 0 Å². The molecule has 4 N–H and O–H groups in total. The number of amides is 1. The van der Waals surface area contributed by atoms with E-state index in [-0.39, 0.29) is 5.91 Å². The molecule has 0 saturated heterocycles. The van der Waals surface area contributed by atoms with Crippen molar-refractivity contribution in [2.45, 2.75) is 39.0 Å². The van der Waals surface area contributed by atoms with Gasteiger partial charge in [-0.25, -0.2) is 14.6 Å². The number of carboxylic acid groups (broad SMARTS) is 2. The van der Waals surface area contributed by atoms with Gasteiger partial charge in [0.1, 0.15) is 5.82 Å². The van der Waals surface area contributed by atoms with Crippen LogP contribution in [0.1, 0.15) is 35.5 Å². The van der Waals surface area contributed by atoms with Gasteiger partial charge in [0, 0.05) is 39.3 Å². The summed E-state index contributed by atoms with van der Waals surface area (Å²) in [5, 5.41) is 21.0. The molecule has 0 atom stereocenters. The Balaban J connectivity index is 0.000000680. The van der Waals surface area contributed by atoms with Crippen molar-refractivity contribution in [3.05, 3.63) is 22.9 Å². The maximum atomic E-state index is 12.4. The molecule has 15 heteroatoms. The molecule has 9 nitrogen and oxygen atoms in total. The van der Waals surface area contributed by atoms with Crippen LogP contribution >= 0.6 is 0 Å². The number of pyridine rings is 1. The van der Waals surface area contributed by atoms with E-state index in [4.69, 9.17) is 24.8 Å². The lowest BCUT2D eigenvalue weighted by atomic mass is 10.0. The summed E-state index contributed by atoms with van der Waals surface area (Å²) in [5.41, 5.74) is 2.99. The zero-order chi connectivity index (χ0) is 27.6. The van der Waals surface area contributed by atoms with Gasteiger partial charge in [0.25, 0.3) is 5.91 Å². The number of aliphatic carboxylic acids is 2. The number of nitrogens with one attached hydrogen (secondary N) is 2. The van der Waals surface area contributed by atoms with Gasteiger partial charge in [-0.3, -0.25) is 4.79 Å². The normalized spacial score (nSPS) is 13.2. The highest BCUT2D eigenvalue weighted by atomic mass is 19.4. The van der Waals surface area contributed by atoms with Gasteiger partial charge in [-0.05, 0) is 30.5 Å². The van der Waals surface area contributed by atoms with Gasteiger partial charge < -0.3 is 25.7 Å². The molecule has 1 aromatic rings. The van der Waals surface area contributed by atoms with Crippen LogP contribution in [0.25, 0.3) is 0 Å². The van der Waals surface area contributed by atoms with Crippen molar-refractivity contribution >= 4 is 23.7 Å². The summed E-state index contributed by atoms with van der Waals surface area (Å²) in [4.78, 5) is 36.6. The van der Waals surface area contributed by atoms with Crippen LogP contribution < -0.4 is 10.6 Å². The lowest BCUT2D eigenvalue weighted by Crippen LogP contribution is -2.25. The number of aromatic nitrogens is 1. The molecular formula is C20H28F6N4O5. The monoisotopic (exact) mass is 518 g/mol. The first-order valence-corrected chi connectivity index (χ1v) is 10.2. The maximum Gasteiger partial charge on any atom is 0.490 e. The number of carboxylic acids is 2. The Morgan fingerprint density at radius 3 is 1.89 bits per heavy atom. The number of nitrogens with zero attached hydrogens (tertiary/aromatic N) is 2. The Kier molecular flexibility index (Phi) is 12.5. The SMILES string of the molecule is CC(C)CNc1nc2c(cc1C(=O)N(C)C)CCNCC2.O=C(O)C(F)(F)F.O=C(O)C(F)(F)F. The van der Waals surface area contributed by atoms with E-state index in [0.717, 1.165) is 44.0 Å². The van der Waals surface area contributed by atoms with Crippen molar-refractivity contribution in [2.75, 3.05) is 39.0 Å². The third-order valence-electron chi connectivity index (χ3n) is 4.10. The number of halogens is 6. The number of carbonyl (C=O) groups excluding carboxylic acids is 1. The minimum absolute atomic E-state index is 0.00811. The summed E-state index contributed by atoms with van der Waals surface area (Å²) in [6, 6.07) is 2.03. The van der Waals surface area contributed by atoms with Crippen molar-refractivity contribution in [1.29, 1.82) is 0 Å². The third kappa shape index (κ3) is 12.2. The van der Waals surface area contributed by atoms with Crippen molar-refractivity contribution in [3.63, 3.8) is 0 Å². The van der Waals surface area contributed by atoms with E-state index in [1.807, 2.05) is 6.07 Å². The van der Waals surface area contributed by atoms with Crippen LogP contribution in [0.2, 0.25) is 0 Å². The molecule has 35 heavy (non-hydrogen) atoms. The number of hydrogen-bond donors (Lipinski definition) is 4. The van der Waals surface area contributed by atoms with Gasteiger partial charge in [-0.15, -0.1) is 0 Å². The van der Waals surface area contributed by atoms with Crippen LogP contribution in [0.3, 0.4) is 0 Å². The molecule has 0 aromatic carbocycles. The van der Waals surface area contributed by atoms with Crippen LogP contribution in [0.5, 0.6) is 0 Å². The fourth-order valence-corrected chi connectivity index (χ4v) is 2.42. The minimum Gasteiger partial charge on any atom is -0.475 e. The highest BCUT2D eigenvalue weighted by molar-refractivity contribution is 5.98. The Morgan fingerprint density at radius 1 is 1.03 bits per heavy atom. The second-order valence-electron chi connectivity index (χ2n) is 7.82. The van der Waals surface area contributed by atoms with Crippen molar-refractivity contribution in [1.82, 2.24) is 15.2 Å². The first-order chi connectivity index (χ1) is 15.9. The summed E-state index contributed by atoms with van der Waals surface area (Å²) in [6.45, 7) is 7.01. The highest BCUT2D eigenvalue weighted by Crippen LogP contribution is 2.22. The summed E-state index contributed by atoms with van der Waals surface area (Å²) < 4.78 is 63.5. The van der Waals surface area contributed by atoms with E-state index >= 15 is 0 Å². The molecule has 1 amide bonds. The molecule has 0 fully saturated rings. The third-order valence-corrected chi connectivity index (χ3v) is 4.10. The van der Waals surface area contributed by atoms with Crippen LogP contribution in [-0.4, -0.2) is 84.0 Å². The lowest BCUT2D eigenvalue weighted by Gasteiger charge is -2.18. The van der Waals surface area contributed by atoms with E-state index < -0.39 is 24.3 Å². The van der Waals surface area contributed by atoms with Crippen LogP contribution in [0.4, 0.5) is 32.2 Å². The van der Waals surface area contributed by atoms with Crippen molar-refractivity contribution in [2.24, 2.45) is 5.92 Å². The Morgan fingerprint density at radius 2 is 1.49 bits per heavy atom. The Hall–Kier alpha value is -3.10. The van der Waals surface area contributed by atoms with Crippen molar-refractivity contribution in [3.8, 4) is 0 Å². The highest BCUT2D eigenvalue weighted by Gasteiger charge is 2.38. The molecule has 2 rings (SSSR count). The maximum absolute atomic E-state index is 12.4. The average Bonchev–Trinajstić information content (AvgIpc) is 2.95. The number of hydrogen-bond acceptors (Lipinski definition) is 6. The molecule has 1 aromatic heterocycles. The van der Waals surface area contributed by atoms with E-state index in [9.17, 15) is 31.1 Å². The van der Waals surface area contributed by atoms with Gasteiger partial charge in [-0.2, -0.15) is 26.3 Å². The first-order valence-electron chi connectivity index (χ1n) is 10.2. The molecule has 200 valence electrons. The molecular weight excluding hydrogens is 490 g/mol. The van der Waals surface area contributed by atoms with Gasteiger partial charge >= 0.3 is 24.3 Å². The van der Waals surface area contributed by atoms with Crippen LogP contribution in [-0.2, 0) is 22.4 Å². The zero-order valence-corrected chi connectivity index (χ0v) is 19.5. The van der Waals surface area contributed by atoms with E-state index in [0.29, 0.717) is 11.5 Å². The summed E-state index contributed by atoms with van der Waals surface area (Å²) in [6.07, 6.45) is -8.32. The average molecular weight is 518 g/mol. The van der Waals surface area contributed by atoms with Gasteiger partial charge in [0.05, 0.1) is 5.56 Å². The Bertz CT molecular complexity index is 849. The number of carbonyl (C=O) groups is 3. The fraction of sp³-hybridized carbons (Fsp3) is 0.600. The molecule has 0 saturated carbocycles. The molecule has 1 aliphatic heterocycles. The molecule has 2 heterocycles. The van der Waals surface area contributed by atoms with Gasteiger partial charge in [0.2, 0.25) is 0 Å². The molecule has 0 spiro atoms. The standard InChI is InChI=1S/C16H26N4O.2C2HF3O2/c1-11(2)10-18-15-13(16(21)20(3)4)9-12-5-7-17-8-6-14(12)19-15;2*3-2(4,5)1(6)7/h9,11,17H,5-8,10H2,1-4H3,(H,18,19);2*(H,6,7). The minimum atomic E-state index is -5.08. The molecule has 0 unspecified atom stereocenters. The predicted molar refractivity (Wildman–Crippen MR) is 113 cm³/mol. The fourth-order valence-electron chi connectivity index (χ4n) is 2.42. The van der Waals surface area contributed by atoms with Crippen LogP contribution in [0.15, 0.2) is 6.07 Å². The smallest absolute Gasteiger partial charge is 0.475 e. The summed E-state index contributed by atoms with van der Waals surface area (Å²) in [7, 11) is 3.56. The number of fused-ring (bicyclic) bond motifs is 1. The molecule has 1 aliphatic rings. The largest absolute Gasteiger partial charge is 0.490 e. The predicted octanol–water partition coefficient (Wildman–Crippen LogP) is 2.81. The van der Waals surface area contributed by atoms with Crippen molar-refractivity contribution < 1.29 is 50.9 Å². The first kappa shape index (κ1) is 31.9. The topological polar surface area (TPSA) is 132 Å². The number of rotatable bonds is 4. The second-order valence-corrected chi connectivity index (χ2v) is 7.82. The number of alkyl halides is 6. The molecule has 0 bridgehead atoms. The number of anilines is 1. The molecule has 0 aliphatic carbocycles. The Labute approximate surface area is 197 Å². The zero-order valence-electron chi connectivity index (χ0n) is 19.5. The lowest BCUT2D eigenvalue weighted by molar-refractivity contribution is -0.193. The summed E-state index contributed by atoms with van der Waals surface area (Å²) >= 11 is 0. The molecule has 0 radical (unpaired) electrons. The second kappa shape index (κ2) is 13.7. The van der Waals surface area contributed by atoms with E-state index in [2.05, 4.69) is 24.5 Å². The van der Waals surface area contributed by atoms with E-state index in [1.54, 1.807) is 19.0 Å². The van der Waals surface area contributed by atoms with E-state index in [1.165, 1.54) is 5.56 Å². The summed E-state index contributed by atoms with van der Waals surface area (Å²) in [5.74, 6) is -4.27.